The van der Waals surface area contributed by atoms with Gasteiger partial charge in [-0.1, -0.05) is 23.7 Å². The monoisotopic (exact) mass is 273 g/mol. The molecule has 2 aromatic heterocycles. The second-order valence-electron chi connectivity index (χ2n) is 3.82. The number of hydrogen-bond acceptors (Lipinski definition) is 4. The molecule has 6 nitrogen and oxygen atoms in total. The lowest BCUT2D eigenvalue weighted by Gasteiger charge is -2.03. The zero-order valence-electron chi connectivity index (χ0n) is 9.59. The smallest absolute Gasteiger partial charge is 0.276 e. The Balaban J connectivity index is 1.94. The van der Waals surface area contributed by atoms with Gasteiger partial charge in [-0.05, 0) is 18.2 Å². The number of nitrogens with one attached hydrogen (secondary N) is 2. The molecular weight excluding hydrogens is 266 g/mol. The number of hydrogen-bond donors (Lipinski definition) is 2. The number of pyridine rings is 1. The molecule has 2 N–H and O–H groups in total. The summed E-state index contributed by atoms with van der Waals surface area (Å²) in [5.74, 6) is -0.0865. The fourth-order valence-electron chi connectivity index (χ4n) is 1.65. The lowest BCUT2D eigenvalue weighted by molar-refractivity contribution is 0.102. The van der Waals surface area contributed by atoms with Crippen molar-refractivity contribution in [1.82, 2.24) is 20.2 Å². The van der Waals surface area contributed by atoms with Crippen LogP contribution in [0.3, 0.4) is 0 Å². The van der Waals surface area contributed by atoms with Gasteiger partial charge in [0.1, 0.15) is 12.0 Å². The van der Waals surface area contributed by atoms with E-state index in [0.29, 0.717) is 10.5 Å². The fourth-order valence-corrected chi connectivity index (χ4v) is 1.82. The third-order valence-electron chi connectivity index (χ3n) is 2.53. The minimum atomic E-state index is -0.362. The molecule has 7 heteroatoms. The molecule has 0 fully saturated rings. The number of aromatic nitrogens is 4. The molecular formula is C12H8ClN5O. The van der Waals surface area contributed by atoms with E-state index < -0.39 is 0 Å². The molecule has 0 aliphatic carbocycles. The summed E-state index contributed by atoms with van der Waals surface area (Å²) >= 11 is 5.90. The normalized spacial score (nSPS) is 10.6. The zero-order valence-corrected chi connectivity index (χ0v) is 10.3. The maximum Gasteiger partial charge on any atom is 0.276 e. The number of carbonyl (C=O) groups excluding carboxylic acids is 1. The Morgan fingerprint density at radius 3 is 2.89 bits per heavy atom. The summed E-state index contributed by atoms with van der Waals surface area (Å²) < 4.78 is 0. The predicted octanol–water partition coefficient (Wildman–Crippen LogP) is 2.26. The van der Waals surface area contributed by atoms with Crippen LogP contribution in [0.1, 0.15) is 10.5 Å². The van der Waals surface area contributed by atoms with Crippen LogP contribution >= 0.6 is 11.6 Å². The van der Waals surface area contributed by atoms with Crippen LogP contribution in [-0.4, -0.2) is 26.1 Å². The van der Waals surface area contributed by atoms with Gasteiger partial charge in [0.2, 0.25) is 5.95 Å². The second kappa shape index (κ2) is 4.66. The Morgan fingerprint density at radius 1 is 1.26 bits per heavy atom. The van der Waals surface area contributed by atoms with Crippen LogP contribution in [0, 0.1) is 0 Å². The van der Waals surface area contributed by atoms with Gasteiger partial charge in [0.05, 0.1) is 5.52 Å². The van der Waals surface area contributed by atoms with Crippen molar-refractivity contribution in [3.05, 3.63) is 47.4 Å². The Morgan fingerprint density at radius 2 is 2.11 bits per heavy atom. The van der Waals surface area contributed by atoms with Gasteiger partial charge in [-0.15, -0.1) is 0 Å². The second-order valence-corrected chi connectivity index (χ2v) is 4.26. The van der Waals surface area contributed by atoms with Crippen LogP contribution in [0.25, 0.3) is 10.9 Å². The van der Waals surface area contributed by atoms with Crippen LogP contribution in [0.2, 0.25) is 5.02 Å². The molecule has 94 valence electrons. The highest BCUT2D eigenvalue weighted by Crippen LogP contribution is 2.18. The highest BCUT2D eigenvalue weighted by molar-refractivity contribution is 6.31. The van der Waals surface area contributed by atoms with E-state index in [2.05, 4.69) is 25.5 Å². The lowest BCUT2D eigenvalue weighted by atomic mass is 10.2. The van der Waals surface area contributed by atoms with E-state index in [-0.39, 0.29) is 17.5 Å². The van der Waals surface area contributed by atoms with Crippen molar-refractivity contribution in [1.29, 1.82) is 0 Å². The van der Waals surface area contributed by atoms with E-state index >= 15 is 0 Å². The predicted molar refractivity (Wildman–Crippen MR) is 71.1 cm³/mol. The summed E-state index contributed by atoms with van der Waals surface area (Å²) in [6, 6.07) is 8.79. The third-order valence-corrected chi connectivity index (χ3v) is 2.77. The molecule has 0 aliphatic rings. The number of carbonyl (C=O) groups is 1. The van der Waals surface area contributed by atoms with Gasteiger partial charge in [-0.3, -0.25) is 10.1 Å². The number of rotatable bonds is 2. The summed E-state index contributed by atoms with van der Waals surface area (Å²) in [5.41, 5.74) is 0.948. The summed E-state index contributed by atoms with van der Waals surface area (Å²) in [6.07, 6.45) is 1.31. The first-order chi connectivity index (χ1) is 9.22. The van der Waals surface area contributed by atoms with E-state index in [9.17, 15) is 4.79 Å². The molecule has 0 spiro atoms. The highest BCUT2D eigenvalue weighted by atomic mass is 35.5. The highest BCUT2D eigenvalue weighted by Gasteiger charge is 2.10. The first-order valence-corrected chi connectivity index (χ1v) is 5.83. The van der Waals surface area contributed by atoms with Gasteiger partial charge in [0, 0.05) is 10.4 Å². The standard InChI is InChI=1S/C12H8ClN5O/c13-8-3-1-7-2-4-9(16-10(7)5-8)11(19)17-12-14-6-15-18-12/h1-6H,(H2,14,15,17,18,19). The summed E-state index contributed by atoms with van der Waals surface area (Å²) in [5, 5.41) is 10.2. The molecule has 1 amide bonds. The number of anilines is 1. The van der Waals surface area contributed by atoms with Crippen molar-refractivity contribution in [2.75, 3.05) is 5.32 Å². The van der Waals surface area contributed by atoms with E-state index in [4.69, 9.17) is 11.6 Å². The number of fused-ring (bicyclic) bond motifs is 1. The van der Waals surface area contributed by atoms with Gasteiger partial charge in [-0.2, -0.15) is 10.1 Å². The van der Waals surface area contributed by atoms with Crippen LogP contribution in [0.4, 0.5) is 5.95 Å². The molecule has 0 saturated heterocycles. The summed E-state index contributed by atoms with van der Waals surface area (Å²) in [4.78, 5) is 20.0. The largest absolute Gasteiger partial charge is 0.289 e. The molecule has 0 bridgehead atoms. The number of halogens is 1. The quantitative estimate of drug-likeness (QED) is 0.750. The first-order valence-electron chi connectivity index (χ1n) is 5.45. The van der Waals surface area contributed by atoms with Crippen molar-refractivity contribution in [3.8, 4) is 0 Å². The average Bonchev–Trinajstić information content (AvgIpc) is 2.90. The zero-order chi connectivity index (χ0) is 13.2. The maximum absolute atomic E-state index is 11.9. The Kier molecular flexibility index (Phi) is 2.85. The molecule has 0 unspecified atom stereocenters. The lowest BCUT2D eigenvalue weighted by Crippen LogP contribution is -2.14. The molecule has 3 aromatic rings. The number of benzene rings is 1. The average molecular weight is 274 g/mol. The number of H-pyrrole nitrogens is 1. The molecule has 2 heterocycles. The SMILES string of the molecule is O=C(Nc1ncn[nH]1)c1ccc2ccc(Cl)cc2n1. The number of aromatic amines is 1. The van der Waals surface area contributed by atoms with E-state index in [1.165, 1.54) is 6.33 Å². The van der Waals surface area contributed by atoms with E-state index in [1.807, 2.05) is 12.1 Å². The Hall–Kier alpha value is -2.47. The molecule has 0 radical (unpaired) electrons. The Bertz CT molecular complexity index is 741. The van der Waals surface area contributed by atoms with E-state index in [1.54, 1.807) is 18.2 Å². The minimum absolute atomic E-state index is 0.276. The fraction of sp³-hybridized carbons (Fsp3) is 0. The molecule has 0 atom stereocenters. The minimum Gasteiger partial charge on any atom is -0.289 e. The van der Waals surface area contributed by atoms with Crippen molar-refractivity contribution in [2.24, 2.45) is 0 Å². The van der Waals surface area contributed by atoms with Crippen molar-refractivity contribution in [2.45, 2.75) is 0 Å². The van der Waals surface area contributed by atoms with Crippen LogP contribution < -0.4 is 5.32 Å². The van der Waals surface area contributed by atoms with Gasteiger partial charge < -0.3 is 0 Å². The molecule has 0 saturated carbocycles. The van der Waals surface area contributed by atoms with Gasteiger partial charge >= 0.3 is 0 Å². The van der Waals surface area contributed by atoms with E-state index in [0.717, 1.165) is 5.39 Å². The molecule has 19 heavy (non-hydrogen) atoms. The third kappa shape index (κ3) is 2.38. The van der Waals surface area contributed by atoms with Crippen molar-refractivity contribution in [3.63, 3.8) is 0 Å². The summed E-state index contributed by atoms with van der Waals surface area (Å²) in [7, 11) is 0. The van der Waals surface area contributed by atoms with Crippen LogP contribution in [0.15, 0.2) is 36.7 Å². The molecule has 0 aliphatic heterocycles. The van der Waals surface area contributed by atoms with Crippen LogP contribution in [-0.2, 0) is 0 Å². The molecule has 1 aromatic carbocycles. The summed E-state index contributed by atoms with van der Waals surface area (Å²) in [6.45, 7) is 0. The van der Waals surface area contributed by atoms with Crippen LogP contribution in [0.5, 0.6) is 0 Å². The van der Waals surface area contributed by atoms with Gasteiger partial charge in [0.25, 0.3) is 5.91 Å². The van der Waals surface area contributed by atoms with Crippen molar-refractivity contribution < 1.29 is 4.79 Å². The topological polar surface area (TPSA) is 83.6 Å². The first kappa shape index (κ1) is 11.6. The number of amides is 1. The Labute approximate surface area is 112 Å². The van der Waals surface area contributed by atoms with Gasteiger partial charge in [-0.25, -0.2) is 10.1 Å². The maximum atomic E-state index is 11.9. The van der Waals surface area contributed by atoms with Crippen molar-refractivity contribution >= 4 is 34.4 Å². The van der Waals surface area contributed by atoms with Gasteiger partial charge in [0.15, 0.2) is 0 Å². The molecule has 3 rings (SSSR count). The number of nitrogens with zero attached hydrogens (tertiary/aromatic N) is 3.